The van der Waals surface area contributed by atoms with E-state index in [0.717, 1.165) is 37.4 Å². The number of halogens is 1. The zero-order valence-corrected chi connectivity index (χ0v) is 18.4. The van der Waals surface area contributed by atoms with Crippen LogP contribution in [0.15, 0.2) is 71.7 Å². The first-order chi connectivity index (χ1) is 15.6. The lowest BCUT2D eigenvalue weighted by atomic mass is 10.1. The predicted octanol–water partition coefficient (Wildman–Crippen LogP) is 4.21. The van der Waals surface area contributed by atoms with Crippen LogP contribution in [0.3, 0.4) is 0 Å². The highest BCUT2D eigenvalue weighted by molar-refractivity contribution is 5.36. The molecule has 2 heterocycles. The number of hydrogen-bond donors (Lipinski definition) is 0. The molecular formula is C26H29FN2O3. The van der Waals surface area contributed by atoms with E-state index in [-0.39, 0.29) is 18.0 Å². The lowest BCUT2D eigenvalue weighted by Gasteiger charge is -2.23. The predicted molar refractivity (Wildman–Crippen MR) is 123 cm³/mol. The number of benzene rings is 2. The van der Waals surface area contributed by atoms with Crippen molar-refractivity contribution >= 4 is 0 Å². The fourth-order valence-electron chi connectivity index (χ4n) is 4.18. The number of likely N-dealkylation sites (tertiary alicyclic amines) is 1. The van der Waals surface area contributed by atoms with Crippen LogP contribution in [0, 0.1) is 5.82 Å². The van der Waals surface area contributed by atoms with Crippen LogP contribution in [0.1, 0.15) is 24.0 Å². The van der Waals surface area contributed by atoms with Gasteiger partial charge >= 0.3 is 0 Å². The van der Waals surface area contributed by atoms with E-state index in [2.05, 4.69) is 17.0 Å². The van der Waals surface area contributed by atoms with Gasteiger partial charge in [-0.1, -0.05) is 24.3 Å². The van der Waals surface area contributed by atoms with Crippen molar-refractivity contribution in [1.29, 1.82) is 0 Å². The van der Waals surface area contributed by atoms with Gasteiger partial charge in [0, 0.05) is 37.6 Å². The number of ether oxygens (including phenoxy) is 2. The summed E-state index contributed by atoms with van der Waals surface area (Å²) in [7, 11) is 1.77. The third kappa shape index (κ3) is 5.64. The van der Waals surface area contributed by atoms with Gasteiger partial charge in [0.2, 0.25) is 0 Å². The monoisotopic (exact) mass is 436 g/mol. The molecule has 0 radical (unpaired) electrons. The van der Waals surface area contributed by atoms with Crippen LogP contribution < -0.4 is 10.3 Å². The van der Waals surface area contributed by atoms with E-state index in [0.29, 0.717) is 11.8 Å². The van der Waals surface area contributed by atoms with Gasteiger partial charge in [-0.2, -0.15) is 0 Å². The lowest BCUT2D eigenvalue weighted by Crippen LogP contribution is -2.34. The van der Waals surface area contributed by atoms with Crippen LogP contribution >= 0.6 is 0 Å². The van der Waals surface area contributed by atoms with E-state index < -0.39 is 0 Å². The van der Waals surface area contributed by atoms with Crippen molar-refractivity contribution in [2.24, 2.45) is 0 Å². The second kappa shape index (κ2) is 10.6. The number of nitrogens with zero attached hydrogens (tertiary/aromatic N) is 2. The zero-order valence-electron chi connectivity index (χ0n) is 18.4. The van der Waals surface area contributed by atoms with Gasteiger partial charge in [0.15, 0.2) is 0 Å². The van der Waals surface area contributed by atoms with Crippen molar-refractivity contribution in [3.63, 3.8) is 0 Å². The maximum absolute atomic E-state index is 13.0. The first-order valence-corrected chi connectivity index (χ1v) is 11.0. The van der Waals surface area contributed by atoms with Crippen LogP contribution in [0.25, 0.3) is 5.69 Å². The molecule has 6 heteroatoms. The first kappa shape index (κ1) is 22.2. The van der Waals surface area contributed by atoms with Gasteiger partial charge in [-0.05, 0) is 67.3 Å². The Morgan fingerprint density at radius 3 is 2.50 bits per heavy atom. The minimum absolute atomic E-state index is 0.158. The highest BCUT2D eigenvalue weighted by Crippen LogP contribution is 2.19. The molecule has 1 aliphatic rings. The Bertz CT molecular complexity index is 1060. The number of aromatic nitrogens is 1. The molecule has 1 aliphatic heterocycles. The average Bonchev–Trinajstić information content (AvgIpc) is 3.25. The van der Waals surface area contributed by atoms with Gasteiger partial charge in [0.05, 0.1) is 6.61 Å². The number of hydrogen-bond acceptors (Lipinski definition) is 4. The molecule has 0 spiro atoms. The molecule has 0 unspecified atom stereocenters. The summed E-state index contributed by atoms with van der Waals surface area (Å²) in [6.07, 6.45) is 5.14. The number of pyridine rings is 1. The van der Waals surface area contributed by atoms with E-state index in [1.54, 1.807) is 36.1 Å². The molecule has 1 atom stereocenters. The molecular weight excluding hydrogens is 407 g/mol. The molecule has 1 saturated heterocycles. The Kier molecular flexibility index (Phi) is 7.35. The van der Waals surface area contributed by atoms with Gasteiger partial charge in [0.25, 0.3) is 5.56 Å². The second-order valence-corrected chi connectivity index (χ2v) is 8.19. The topological polar surface area (TPSA) is 43.7 Å². The van der Waals surface area contributed by atoms with Crippen LogP contribution in [0.4, 0.5) is 4.39 Å². The maximum atomic E-state index is 13.0. The number of methoxy groups -OCH3 is 1. The minimum atomic E-state index is -0.284. The normalized spacial score (nSPS) is 16.4. The molecule has 0 N–H and O–H groups in total. The molecule has 5 nitrogen and oxygen atoms in total. The molecule has 0 bridgehead atoms. The Morgan fingerprint density at radius 2 is 1.78 bits per heavy atom. The Balaban J connectivity index is 1.35. The highest BCUT2D eigenvalue weighted by Gasteiger charge is 2.23. The largest absolute Gasteiger partial charge is 0.489 e. The molecule has 2 aromatic carbocycles. The molecule has 0 amide bonds. The summed E-state index contributed by atoms with van der Waals surface area (Å²) in [6, 6.07) is 18.0. The summed E-state index contributed by atoms with van der Waals surface area (Å²) in [4.78, 5) is 15.1. The van der Waals surface area contributed by atoms with Gasteiger partial charge in [-0.3, -0.25) is 14.3 Å². The fraction of sp³-hybridized carbons (Fsp3) is 0.346. The molecule has 0 aliphatic carbocycles. The van der Waals surface area contributed by atoms with Crippen LogP contribution in [0.5, 0.6) is 5.75 Å². The van der Waals surface area contributed by atoms with E-state index in [1.165, 1.54) is 36.6 Å². The van der Waals surface area contributed by atoms with Crippen molar-refractivity contribution in [1.82, 2.24) is 9.47 Å². The van der Waals surface area contributed by atoms with E-state index in [9.17, 15) is 9.18 Å². The second-order valence-electron chi connectivity index (χ2n) is 8.19. The van der Waals surface area contributed by atoms with E-state index in [4.69, 9.17) is 9.47 Å². The fourth-order valence-corrected chi connectivity index (χ4v) is 4.18. The van der Waals surface area contributed by atoms with Crippen molar-refractivity contribution in [3.8, 4) is 11.4 Å². The lowest BCUT2D eigenvalue weighted by molar-refractivity contribution is 0.116. The summed E-state index contributed by atoms with van der Waals surface area (Å²) in [6.45, 7) is 3.23. The van der Waals surface area contributed by atoms with E-state index in [1.807, 2.05) is 12.1 Å². The molecule has 1 aromatic heterocycles. The molecule has 4 rings (SSSR count). The van der Waals surface area contributed by atoms with Crippen molar-refractivity contribution in [2.45, 2.75) is 31.9 Å². The average molecular weight is 437 g/mol. The molecule has 168 valence electrons. The maximum Gasteiger partial charge on any atom is 0.258 e. The number of rotatable bonds is 9. The summed E-state index contributed by atoms with van der Waals surface area (Å²) < 4.78 is 25.6. The smallest absolute Gasteiger partial charge is 0.258 e. The SMILES string of the molecule is COC[C@@H]1CCCN1CCc1ccc(-n2ccc(OCc3ccc(F)cc3)cc2=O)cc1. The van der Waals surface area contributed by atoms with Crippen molar-refractivity contribution in [3.05, 3.63) is 94.2 Å². The third-order valence-electron chi connectivity index (χ3n) is 5.97. The summed E-state index contributed by atoms with van der Waals surface area (Å²) in [5.74, 6) is 0.206. The van der Waals surface area contributed by atoms with Gasteiger partial charge in [-0.15, -0.1) is 0 Å². The quantitative estimate of drug-likeness (QED) is 0.504. The highest BCUT2D eigenvalue weighted by atomic mass is 19.1. The molecule has 1 fully saturated rings. The Labute approximate surface area is 188 Å². The summed E-state index contributed by atoms with van der Waals surface area (Å²) in [5, 5.41) is 0. The van der Waals surface area contributed by atoms with Gasteiger partial charge < -0.3 is 9.47 Å². The minimum Gasteiger partial charge on any atom is -0.489 e. The van der Waals surface area contributed by atoms with Crippen LogP contribution in [-0.2, 0) is 17.8 Å². The standard InChI is InChI=1S/C26H29FN2O3/c1-31-19-24-3-2-14-28(24)15-12-20-6-10-23(11-7-20)29-16-13-25(17-26(29)30)32-18-21-4-8-22(27)9-5-21/h4-11,13,16-17,24H,2-3,12,14-15,18-19H2,1H3/t24-/m0/s1. The van der Waals surface area contributed by atoms with Crippen molar-refractivity contribution in [2.75, 3.05) is 26.8 Å². The Hall–Kier alpha value is -2.96. The van der Waals surface area contributed by atoms with Crippen molar-refractivity contribution < 1.29 is 13.9 Å². The molecule has 0 saturated carbocycles. The van der Waals surface area contributed by atoms with Gasteiger partial charge in [-0.25, -0.2) is 4.39 Å². The van der Waals surface area contributed by atoms with E-state index >= 15 is 0 Å². The Morgan fingerprint density at radius 1 is 1.03 bits per heavy atom. The zero-order chi connectivity index (χ0) is 22.3. The van der Waals surface area contributed by atoms with Crippen LogP contribution in [-0.4, -0.2) is 42.3 Å². The summed E-state index contributed by atoms with van der Waals surface area (Å²) >= 11 is 0. The first-order valence-electron chi connectivity index (χ1n) is 11.0. The molecule has 32 heavy (non-hydrogen) atoms. The van der Waals surface area contributed by atoms with Crippen LogP contribution in [0.2, 0.25) is 0 Å². The third-order valence-corrected chi connectivity index (χ3v) is 5.97. The van der Waals surface area contributed by atoms with Gasteiger partial charge in [0.1, 0.15) is 18.2 Å². The molecule has 3 aromatic rings. The summed E-state index contributed by atoms with van der Waals surface area (Å²) in [5.41, 5.74) is 2.76.